The number of aliphatic hydroxyl groups is 5. The van der Waals surface area contributed by atoms with Crippen LogP contribution in [-0.4, -0.2) is 98.3 Å². The van der Waals surface area contributed by atoms with E-state index in [0.717, 1.165) is 38.5 Å². The van der Waals surface area contributed by atoms with Crippen LogP contribution in [0.25, 0.3) is 0 Å². The fourth-order valence-electron chi connectivity index (χ4n) is 8.54. The fourth-order valence-corrected chi connectivity index (χ4v) is 9.51. The number of carbonyl (C=O) groups excluding carboxylic acids is 2. The molecule has 0 bridgehead atoms. The maximum Gasteiger partial charge on any atom is 0.472 e. The minimum Gasteiger partial charge on any atom is -0.462 e. The second-order valence-corrected chi connectivity index (χ2v) is 20.9. The number of esters is 2. The fraction of sp³-hybridized carbons (Fsp3) is 0.855. The molecular weight excluding hydrogens is 900 g/mol. The molecule has 0 heterocycles. The third-order valence-corrected chi connectivity index (χ3v) is 14.0. The molecule has 1 aliphatic carbocycles. The molecule has 0 spiro atoms. The van der Waals surface area contributed by atoms with Gasteiger partial charge in [-0.05, 0) is 44.9 Å². The molecule has 404 valence electrons. The predicted octanol–water partition coefficient (Wildman–Crippen LogP) is 12.5. The van der Waals surface area contributed by atoms with Crippen molar-refractivity contribution in [2.45, 2.75) is 288 Å². The van der Waals surface area contributed by atoms with Crippen molar-refractivity contribution in [3.63, 3.8) is 0 Å². The van der Waals surface area contributed by atoms with Gasteiger partial charge in [0.1, 0.15) is 43.2 Å². The Balaban J connectivity index is 2.36. The average Bonchev–Trinajstić information content (AvgIpc) is 3.33. The highest BCUT2D eigenvalue weighted by molar-refractivity contribution is 7.47. The molecular formula is C55H101O13P. The van der Waals surface area contributed by atoms with Gasteiger partial charge in [-0.15, -0.1) is 0 Å². The highest BCUT2D eigenvalue weighted by atomic mass is 31.2. The Morgan fingerprint density at radius 3 is 1.23 bits per heavy atom. The van der Waals surface area contributed by atoms with Crippen LogP contribution in [0.4, 0.5) is 0 Å². The van der Waals surface area contributed by atoms with Crippen LogP contribution in [0.15, 0.2) is 36.5 Å². The SMILES string of the molecule is CCCCCCCC/C=C/C/C=C/C/C=C/CCCC(=O)O[C@@H](COC(=O)CCCCCCCCCCCCCCCCCCCCCCCCC)COP(=O)(O)OC1C(O)C(O)C(O)[C@H](O)C1O. The number of unbranched alkanes of at least 4 members (excludes halogenated alkanes) is 29. The van der Waals surface area contributed by atoms with E-state index >= 15 is 0 Å². The van der Waals surface area contributed by atoms with Crippen LogP contribution in [0.2, 0.25) is 0 Å². The van der Waals surface area contributed by atoms with Crippen molar-refractivity contribution in [1.82, 2.24) is 0 Å². The average molecular weight is 1000 g/mol. The largest absolute Gasteiger partial charge is 0.472 e. The number of hydrogen-bond donors (Lipinski definition) is 6. The van der Waals surface area contributed by atoms with Gasteiger partial charge >= 0.3 is 19.8 Å². The first-order valence-corrected chi connectivity index (χ1v) is 29.3. The van der Waals surface area contributed by atoms with E-state index in [2.05, 4.69) is 38.2 Å². The first-order chi connectivity index (χ1) is 33.4. The van der Waals surface area contributed by atoms with Crippen LogP contribution < -0.4 is 0 Å². The first-order valence-electron chi connectivity index (χ1n) is 27.8. The summed E-state index contributed by atoms with van der Waals surface area (Å²) in [4.78, 5) is 35.9. The number of hydrogen-bond acceptors (Lipinski definition) is 12. The number of allylic oxidation sites excluding steroid dienone is 6. The molecule has 14 heteroatoms. The Morgan fingerprint density at radius 1 is 0.449 bits per heavy atom. The molecule has 0 radical (unpaired) electrons. The van der Waals surface area contributed by atoms with Crippen LogP contribution in [0.1, 0.15) is 245 Å². The van der Waals surface area contributed by atoms with E-state index in [1.54, 1.807) is 0 Å². The van der Waals surface area contributed by atoms with E-state index in [4.69, 9.17) is 18.5 Å². The van der Waals surface area contributed by atoms with Gasteiger partial charge in [-0.25, -0.2) is 4.57 Å². The standard InChI is InChI=1S/C55H101O13P/c1-3-5-7-9-11-13-15-17-19-21-22-23-24-25-26-28-29-31-33-35-37-39-41-43-48(56)65-45-47(46-66-69(63,64)68-55-53(61)51(59)50(58)52(60)54(55)62)67-49(57)44-42-40-38-36-34-32-30-27-20-18-16-14-12-10-8-6-4-2/h18,20,30,32,36,38,47,50-55,58-62H,3-17,19,21-29,31,33-35,37,39-46H2,1-2H3,(H,63,64)/b20-18+,32-30+,38-36+/t47-,50?,51-,52?,53?,54?,55?/m0/s1. The highest BCUT2D eigenvalue weighted by Gasteiger charge is 2.51. The Kier molecular flexibility index (Phi) is 42.2. The van der Waals surface area contributed by atoms with Crippen molar-refractivity contribution >= 4 is 19.8 Å². The lowest BCUT2D eigenvalue weighted by molar-refractivity contribution is -0.220. The number of phosphoric ester groups is 1. The number of ether oxygens (including phenoxy) is 2. The predicted molar refractivity (Wildman–Crippen MR) is 277 cm³/mol. The van der Waals surface area contributed by atoms with Gasteiger partial charge in [0.25, 0.3) is 0 Å². The Hall–Kier alpha value is -1.93. The van der Waals surface area contributed by atoms with Crippen LogP contribution in [0.3, 0.4) is 0 Å². The van der Waals surface area contributed by atoms with Crippen molar-refractivity contribution < 1.29 is 63.1 Å². The summed E-state index contributed by atoms with van der Waals surface area (Å²) in [7, 11) is -5.14. The zero-order valence-corrected chi connectivity index (χ0v) is 44.3. The van der Waals surface area contributed by atoms with Gasteiger partial charge in [-0.2, -0.15) is 0 Å². The number of carbonyl (C=O) groups is 2. The van der Waals surface area contributed by atoms with Crippen LogP contribution in [0.5, 0.6) is 0 Å². The molecule has 13 nitrogen and oxygen atoms in total. The van der Waals surface area contributed by atoms with Crippen LogP contribution >= 0.6 is 7.82 Å². The zero-order valence-electron chi connectivity index (χ0n) is 43.4. The number of aliphatic hydroxyl groups excluding tert-OH is 5. The van der Waals surface area contributed by atoms with Crippen molar-refractivity contribution in [1.29, 1.82) is 0 Å². The topological polar surface area (TPSA) is 210 Å². The lowest BCUT2D eigenvalue weighted by atomic mass is 9.85. The highest BCUT2D eigenvalue weighted by Crippen LogP contribution is 2.47. The molecule has 0 amide bonds. The number of rotatable bonds is 47. The summed E-state index contributed by atoms with van der Waals surface area (Å²) in [6.45, 7) is 3.30. The van der Waals surface area contributed by atoms with E-state index in [9.17, 15) is 44.6 Å². The zero-order chi connectivity index (χ0) is 50.6. The van der Waals surface area contributed by atoms with Gasteiger partial charge < -0.3 is 39.9 Å². The van der Waals surface area contributed by atoms with E-state index in [-0.39, 0.29) is 12.8 Å². The molecule has 8 atom stereocenters. The first kappa shape index (κ1) is 65.1. The molecule has 0 aliphatic heterocycles. The minimum atomic E-state index is -5.14. The minimum absolute atomic E-state index is 0.0272. The summed E-state index contributed by atoms with van der Waals surface area (Å²) < 4.78 is 33.6. The van der Waals surface area contributed by atoms with Gasteiger partial charge in [0.2, 0.25) is 0 Å². The molecule has 0 saturated heterocycles. The molecule has 0 aromatic heterocycles. The van der Waals surface area contributed by atoms with Crippen molar-refractivity contribution in [3.05, 3.63) is 36.5 Å². The van der Waals surface area contributed by atoms with E-state index < -0.39 is 75.7 Å². The summed E-state index contributed by atoms with van der Waals surface area (Å²) in [6, 6.07) is 0. The number of phosphoric acid groups is 1. The van der Waals surface area contributed by atoms with Crippen molar-refractivity contribution in [2.75, 3.05) is 13.2 Å². The summed E-state index contributed by atoms with van der Waals surface area (Å²) >= 11 is 0. The third-order valence-electron chi connectivity index (χ3n) is 13.0. The monoisotopic (exact) mass is 1000 g/mol. The van der Waals surface area contributed by atoms with Gasteiger partial charge in [0.05, 0.1) is 6.61 Å². The Bertz CT molecular complexity index is 1340. The van der Waals surface area contributed by atoms with Crippen molar-refractivity contribution in [3.8, 4) is 0 Å². The molecule has 6 unspecified atom stereocenters. The normalized spacial score (nSPS) is 21.1. The van der Waals surface area contributed by atoms with Crippen LogP contribution in [-0.2, 0) is 32.7 Å². The molecule has 1 saturated carbocycles. The molecule has 69 heavy (non-hydrogen) atoms. The molecule has 1 fully saturated rings. The summed E-state index contributed by atoms with van der Waals surface area (Å²) in [5.74, 6) is -1.15. The molecule has 0 aromatic rings. The summed E-state index contributed by atoms with van der Waals surface area (Å²) in [6.07, 6.45) is 40.7. The maximum atomic E-state index is 12.9. The maximum absolute atomic E-state index is 12.9. The van der Waals surface area contributed by atoms with Crippen LogP contribution in [0, 0.1) is 0 Å². The summed E-state index contributed by atoms with van der Waals surface area (Å²) in [5, 5.41) is 50.3. The van der Waals surface area contributed by atoms with E-state index in [1.165, 1.54) is 161 Å². The van der Waals surface area contributed by atoms with Gasteiger partial charge in [-0.3, -0.25) is 18.6 Å². The molecule has 0 aromatic carbocycles. The van der Waals surface area contributed by atoms with E-state index in [0.29, 0.717) is 19.3 Å². The molecule has 6 N–H and O–H groups in total. The smallest absolute Gasteiger partial charge is 0.462 e. The van der Waals surface area contributed by atoms with Crippen molar-refractivity contribution in [2.24, 2.45) is 0 Å². The lowest BCUT2D eigenvalue weighted by Gasteiger charge is -2.41. The van der Waals surface area contributed by atoms with Gasteiger partial charge in [0.15, 0.2) is 6.10 Å². The molecule has 1 rings (SSSR count). The van der Waals surface area contributed by atoms with Gasteiger partial charge in [-0.1, -0.05) is 224 Å². The van der Waals surface area contributed by atoms with E-state index in [1.807, 2.05) is 12.2 Å². The second-order valence-electron chi connectivity index (χ2n) is 19.4. The Labute approximate surface area is 418 Å². The quantitative estimate of drug-likeness (QED) is 0.0145. The van der Waals surface area contributed by atoms with Gasteiger partial charge in [0, 0.05) is 12.8 Å². The second kappa shape index (κ2) is 44.7. The molecule has 1 aliphatic rings. The lowest BCUT2D eigenvalue weighted by Crippen LogP contribution is -2.64. The summed E-state index contributed by atoms with van der Waals surface area (Å²) in [5.41, 5.74) is 0. The third kappa shape index (κ3) is 36.6. The Morgan fingerprint density at radius 2 is 0.797 bits per heavy atom.